The smallest absolute Gasteiger partial charge is 0.424 e. The Bertz CT molecular complexity index is 993. The standard InChI is InChI=1S/C22H19FO7/c1-13(2)20(24)27-12-28-22(26)29-17-8-5-15(6-9-17)16-7-10-19(18(23)11-16)30-21(25)14(3)4/h5-11H,1,3,12H2,2,4H3. The largest absolute Gasteiger partial charge is 0.516 e. The third-order valence-electron chi connectivity index (χ3n) is 3.59. The number of carbonyl (C=O) groups excluding carboxylic acids is 3. The maximum atomic E-state index is 14.2. The lowest BCUT2D eigenvalue weighted by Crippen LogP contribution is -2.15. The summed E-state index contributed by atoms with van der Waals surface area (Å²) in [6, 6.07) is 10.3. The van der Waals surface area contributed by atoms with Gasteiger partial charge in [-0.05, 0) is 49.2 Å². The molecule has 0 aliphatic heterocycles. The molecule has 30 heavy (non-hydrogen) atoms. The monoisotopic (exact) mass is 414 g/mol. The normalized spacial score (nSPS) is 9.97. The summed E-state index contributed by atoms with van der Waals surface area (Å²) in [7, 11) is 0. The molecule has 0 aromatic heterocycles. The highest BCUT2D eigenvalue weighted by Gasteiger charge is 2.12. The summed E-state index contributed by atoms with van der Waals surface area (Å²) in [5.74, 6) is -2.16. The van der Waals surface area contributed by atoms with Gasteiger partial charge in [-0.15, -0.1) is 0 Å². The van der Waals surface area contributed by atoms with Gasteiger partial charge in [0.05, 0.1) is 0 Å². The van der Waals surface area contributed by atoms with Gasteiger partial charge in [0.1, 0.15) is 5.75 Å². The SMILES string of the molecule is C=C(C)C(=O)OCOC(=O)Oc1ccc(-c2ccc(OC(=O)C(=C)C)c(F)c2)cc1. The zero-order valence-electron chi connectivity index (χ0n) is 16.4. The molecule has 0 unspecified atom stereocenters. The molecule has 2 aromatic carbocycles. The first kappa shape index (κ1) is 22.4. The third kappa shape index (κ3) is 6.30. The Hall–Kier alpha value is -3.94. The Morgan fingerprint density at radius 1 is 0.833 bits per heavy atom. The Balaban J connectivity index is 1.97. The Morgan fingerprint density at radius 3 is 2.00 bits per heavy atom. The van der Waals surface area contributed by atoms with E-state index in [1.54, 1.807) is 18.2 Å². The summed E-state index contributed by atoms with van der Waals surface area (Å²) < 4.78 is 33.3. The van der Waals surface area contributed by atoms with E-state index in [9.17, 15) is 18.8 Å². The number of hydrogen-bond donors (Lipinski definition) is 0. The average molecular weight is 414 g/mol. The number of hydrogen-bond acceptors (Lipinski definition) is 7. The van der Waals surface area contributed by atoms with Gasteiger partial charge in [-0.3, -0.25) is 0 Å². The van der Waals surface area contributed by atoms with Gasteiger partial charge < -0.3 is 18.9 Å². The second-order valence-corrected chi connectivity index (χ2v) is 6.17. The lowest BCUT2D eigenvalue weighted by atomic mass is 10.1. The Kier molecular flexibility index (Phi) is 7.46. The number of rotatable bonds is 7. The molecule has 0 bridgehead atoms. The van der Waals surface area contributed by atoms with E-state index in [0.29, 0.717) is 11.1 Å². The predicted octanol–water partition coefficient (Wildman–Crippen LogP) is 4.57. The van der Waals surface area contributed by atoms with E-state index in [2.05, 4.69) is 22.6 Å². The van der Waals surface area contributed by atoms with Crippen LogP contribution >= 0.6 is 0 Å². The van der Waals surface area contributed by atoms with Crippen LogP contribution in [0.4, 0.5) is 9.18 Å². The van der Waals surface area contributed by atoms with Crippen LogP contribution in [0.15, 0.2) is 66.8 Å². The molecule has 2 rings (SSSR count). The highest BCUT2D eigenvalue weighted by Crippen LogP contribution is 2.27. The minimum absolute atomic E-state index is 0.154. The zero-order valence-corrected chi connectivity index (χ0v) is 16.4. The van der Waals surface area contributed by atoms with E-state index in [-0.39, 0.29) is 22.6 Å². The molecule has 0 fully saturated rings. The van der Waals surface area contributed by atoms with Crippen molar-refractivity contribution in [1.82, 2.24) is 0 Å². The molecule has 2 aromatic rings. The van der Waals surface area contributed by atoms with E-state index >= 15 is 0 Å². The van der Waals surface area contributed by atoms with Crippen LogP contribution in [0, 0.1) is 5.82 Å². The maximum Gasteiger partial charge on any atom is 0.516 e. The summed E-state index contributed by atoms with van der Waals surface area (Å²) >= 11 is 0. The third-order valence-corrected chi connectivity index (χ3v) is 3.59. The Morgan fingerprint density at radius 2 is 1.43 bits per heavy atom. The molecule has 0 aliphatic rings. The van der Waals surface area contributed by atoms with Crippen molar-refractivity contribution < 1.29 is 37.7 Å². The van der Waals surface area contributed by atoms with Crippen LogP contribution in [0.1, 0.15) is 13.8 Å². The van der Waals surface area contributed by atoms with E-state index in [4.69, 9.17) is 9.47 Å². The van der Waals surface area contributed by atoms with E-state index in [1.807, 2.05) is 0 Å². The Labute approximate surface area is 172 Å². The fourth-order valence-electron chi connectivity index (χ4n) is 2.05. The van der Waals surface area contributed by atoms with Crippen molar-refractivity contribution in [3.63, 3.8) is 0 Å². The van der Waals surface area contributed by atoms with Crippen LogP contribution in [0.25, 0.3) is 11.1 Å². The molecule has 8 heteroatoms. The molecule has 0 radical (unpaired) electrons. The van der Waals surface area contributed by atoms with E-state index in [0.717, 1.165) is 0 Å². The fourth-order valence-corrected chi connectivity index (χ4v) is 2.05. The fraction of sp³-hybridized carbons (Fsp3) is 0.136. The first-order valence-corrected chi connectivity index (χ1v) is 8.62. The van der Waals surface area contributed by atoms with Crippen molar-refractivity contribution in [3.8, 4) is 22.6 Å². The molecule has 0 heterocycles. The van der Waals surface area contributed by atoms with Gasteiger partial charge >= 0.3 is 18.1 Å². The van der Waals surface area contributed by atoms with Crippen LogP contribution in [0.2, 0.25) is 0 Å². The molecule has 0 aliphatic carbocycles. The summed E-state index contributed by atoms with van der Waals surface area (Å²) in [5, 5.41) is 0. The number of carbonyl (C=O) groups is 3. The summed E-state index contributed by atoms with van der Waals surface area (Å²) in [6.07, 6.45) is -1.06. The first-order chi connectivity index (χ1) is 14.2. The van der Waals surface area contributed by atoms with Crippen molar-refractivity contribution in [2.45, 2.75) is 13.8 Å². The van der Waals surface area contributed by atoms with Gasteiger partial charge in [-0.2, -0.15) is 0 Å². The average Bonchev–Trinajstić information content (AvgIpc) is 2.69. The predicted molar refractivity (Wildman–Crippen MR) is 105 cm³/mol. The van der Waals surface area contributed by atoms with Crippen molar-refractivity contribution >= 4 is 18.1 Å². The van der Waals surface area contributed by atoms with Crippen LogP contribution in [-0.4, -0.2) is 24.9 Å². The van der Waals surface area contributed by atoms with Crippen molar-refractivity contribution in [2.75, 3.05) is 6.79 Å². The van der Waals surface area contributed by atoms with Gasteiger partial charge in [0, 0.05) is 11.1 Å². The summed E-state index contributed by atoms with van der Waals surface area (Å²) in [6.45, 7) is 9.14. The molecule has 0 spiro atoms. The van der Waals surface area contributed by atoms with Crippen LogP contribution < -0.4 is 9.47 Å². The molecule has 156 valence electrons. The van der Waals surface area contributed by atoms with Crippen LogP contribution in [0.5, 0.6) is 11.5 Å². The van der Waals surface area contributed by atoms with Crippen molar-refractivity contribution in [1.29, 1.82) is 0 Å². The van der Waals surface area contributed by atoms with Gasteiger partial charge in [-0.1, -0.05) is 31.4 Å². The first-order valence-electron chi connectivity index (χ1n) is 8.62. The highest BCUT2D eigenvalue weighted by atomic mass is 19.1. The van der Waals surface area contributed by atoms with Gasteiger partial charge in [0.2, 0.25) is 6.79 Å². The number of halogens is 1. The highest BCUT2D eigenvalue weighted by molar-refractivity contribution is 5.89. The zero-order chi connectivity index (χ0) is 22.3. The van der Waals surface area contributed by atoms with E-state index in [1.165, 1.54) is 38.1 Å². The second-order valence-electron chi connectivity index (χ2n) is 6.17. The minimum Gasteiger partial charge on any atom is -0.424 e. The summed E-state index contributed by atoms with van der Waals surface area (Å²) in [4.78, 5) is 34.3. The molecule has 0 saturated carbocycles. The van der Waals surface area contributed by atoms with Crippen LogP contribution in [-0.2, 0) is 19.1 Å². The molecular formula is C22H19FO7. The van der Waals surface area contributed by atoms with Gasteiger partial charge in [0.25, 0.3) is 0 Å². The van der Waals surface area contributed by atoms with Gasteiger partial charge in [0.15, 0.2) is 11.6 Å². The molecular weight excluding hydrogens is 395 g/mol. The lowest BCUT2D eigenvalue weighted by Gasteiger charge is -2.09. The maximum absolute atomic E-state index is 14.2. The molecule has 0 atom stereocenters. The van der Waals surface area contributed by atoms with Gasteiger partial charge in [-0.25, -0.2) is 18.8 Å². The van der Waals surface area contributed by atoms with E-state index < -0.39 is 30.7 Å². The van der Waals surface area contributed by atoms with Crippen molar-refractivity contribution in [3.05, 3.63) is 72.6 Å². The quantitative estimate of drug-likeness (QED) is 0.216. The van der Waals surface area contributed by atoms with Crippen molar-refractivity contribution in [2.24, 2.45) is 0 Å². The molecule has 0 N–H and O–H groups in total. The molecule has 0 saturated heterocycles. The molecule has 7 nitrogen and oxygen atoms in total. The minimum atomic E-state index is -1.06. The second kappa shape index (κ2) is 10.0. The lowest BCUT2D eigenvalue weighted by molar-refractivity contribution is -0.147. The van der Waals surface area contributed by atoms with Crippen LogP contribution in [0.3, 0.4) is 0 Å². The number of benzene rings is 2. The number of esters is 2. The number of ether oxygens (including phenoxy) is 4. The molecule has 0 amide bonds. The summed E-state index contributed by atoms with van der Waals surface area (Å²) in [5.41, 5.74) is 1.47. The topological polar surface area (TPSA) is 88.1 Å².